The van der Waals surface area contributed by atoms with Gasteiger partial charge in [-0.15, -0.1) is 0 Å². The molecule has 6 nitrogen and oxygen atoms in total. The van der Waals surface area contributed by atoms with Crippen LogP contribution in [-0.2, 0) is 4.79 Å². The van der Waals surface area contributed by atoms with E-state index in [-0.39, 0.29) is 21.9 Å². The van der Waals surface area contributed by atoms with E-state index in [9.17, 15) is 19.3 Å². The van der Waals surface area contributed by atoms with Crippen molar-refractivity contribution in [3.63, 3.8) is 0 Å². The zero-order valence-corrected chi connectivity index (χ0v) is 12.6. The van der Waals surface area contributed by atoms with Crippen LogP contribution in [0.4, 0.5) is 15.8 Å². The van der Waals surface area contributed by atoms with Gasteiger partial charge in [-0.1, -0.05) is 6.42 Å². The number of nitrogens with one attached hydrogen (secondary N) is 1. The number of anilines is 1. The third-order valence-electron chi connectivity index (χ3n) is 3.62. The summed E-state index contributed by atoms with van der Waals surface area (Å²) >= 11 is 2.92. The highest BCUT2D eigenvalue weighted by molar-refractivity contribution is 9.10. The molecule has 21 heavy (non-hydrogen) atoms. The lowest BCUT2D eigenvalue weighted by atomic mass is 9.85. The molecular weight excluding hydrogens is 347 g/mol. The van der Waals surface area contributed by atoms with E-state index in [1.165, 1.54) is 0 Å². The smallest absolute Gasteiger partial charge is 0.306 e. The molecule has 0 heterocycles. The SMILES string of the molecule is O=C(O)C1CCCC(Nc2cc(F)c(Br)cc2[N+](=O)[O-])C1. The Labute approximate surface area is 128 Å². The highest BCUT2D eigenvalue weighted by Crippen LogP contribution is 2.33. The number of halogens is 2. The molecule has 0 radical (unpaired) electrons. The zero-order chi connectivity index (χ0) is 15.6. The third-order valence-corrected chi connectivity index (χ3v) is 4.23. The summed E-state index contributed by atoms with van der Waals surface area (Å²) in [5.41, 5.74) is -0.155. The van der Waals surface area contributed by atoms with Crippen LogP contribution in [0.25, 0.3) is 0 Å². The molecule has 114 valence electrons. The first-order chi connectivity index (χ1) is 9.88. The standard InChI is InChI=1S/C13H14BrFN2O4/c14-9-5-12(17(20)21)11(6-10(9)15)16-8-3-1-2-7(4-8)13(18)19/h5-8,16H,1-4H2,(H,18,19). The average Bonchev–Trinajstić information content (AvgIpc) is 2.42. The molecule has 0 saturated heterocycles. The summed E-state index contributed by atoms with van der Waals surface area (Å²) in [7, 11) is 0. The summed E-state index contributed by atoms with van der Waals surface area (Å²) in [4.78, 5) is 21.5. The van der Waals surface area contributed by atoms with Gasteiger partial charge >= 0.3 is 5.97 Å². The molecule has 1 fully saturated rings. The second-order valence-corrected chi connectivity index (χ2v) is 5.94. The van der Waals surface area contributed by atoms with Crippen LogP contribution < -0.4 is 5.32 Å². The first kappa shape index (κ1) is 15.7. The Morgan fingerprint density at radius 1 is 1.48 bits per heavy atom. The van der Waals surface area contributed by atoms with Crippen LogP contribution in [0, 0.1) is 21.8 Å². The van der Waals surface area contributed by atoms with Crippen LogP contribution in [0.1, 0.15) is 25.7 Å². The van der Waals surface area contributed by atoms with Gasteiger partial charge in [0.05, 0.1) is 15.3 Å². The maximum atomic E-state index is 13.6. The molecular formula is C13H14BrFN2O4. The van der Waals surface area contributed by atoms with Gasteiger partial charge in [-0.05, 0) is 35.2 Å². The van der Waals surface area contributed by atoms with Gasteiger partial charge in [0, 0.05) is 18.2 Å². The summed E-state index contributed by atoms with van der Waals surface area (Å²) in [5, 5.41) is 23.0. The molecule has 1 saturated carbocycles. The van der Waals surface area contributed by atoms with Crippen molar-refractivity contribution in [3.05, 3.63) is 32.5 Å². The predicted octanol–water partition coefficient (Wildman–Crippen LogP) is 3.55. The fourth-order valence-electron chi connectivity index (χ4n) is 2.57. The number of carboxylic acid groups (broad SMARTS) is 1. The highest BCUT2D eigenvalue weighted by Gasteiger charge is 2.28. The molecule has 1 aliphatic rings. The van der Waals surface area contributed by atoms with E-state index in [2.05, 4.69) is 21.2 Å². The topological polar surface area (TPSA) is 92.5 Å². The summed E-state index contributed by atoms with van der Waals surface area (Å²) in [5.74, 6) is -1.93. The van der Waals surface area contributed by atoms with Gasteiger partial charge in [0.1, 0.15) is 11.5 Å². The zero-order valence-electron chi connectivity index (χ0n) is 11.0. The van der Waals surface area contributed by atoms with Crippen LogP contribution in [0.2, 0.25) is 0 Å². The minimum absolute atomic E-state index is 0.0202. The summed E-state index contributed by atoms with van der Waals surface area (Å²) < 4.78 is 13.6. The molecule has 0 aromatic heterocycles. The minimum Gasteiger partial charge on any atom is -0.481 e. The van der Waals surface area contributed by atoms with Crippen molar-refractivity contribution < 1.29 is 19.2 Å². The van der Waals surface area contributed by atoms with Gasteiger partial charge in [-0.3, -0.25) is 14.9 Å². The predicted molar refractivity (Wildman–Crippen MR) is 77.8 cm³/mol. The molecule has 1 aliphatic carbocycles. The first-order valence-electron chi connectivity index (χ1n) is 6.51. The van der Waals surface area contributed by atoms with Crippen molar-refractivity contribution in [3.8, 4) is 0 Å². The lowest BCUT2D eigenvalue weighted by Crippen LogP contribution is -2.31. The van der Waals surface area contributed by atoms with Crippen LogP contribution >= 0.6 is 15.9 Å². The number of hydrogen-bond donors (Lipinski definition) is 2. The molecule has 2 unspecified atom stereocenters. The van der Waals surface area contributed by atoms with Crippen molar-refractivity contribution in [2.24, 2.45) is 5.92 Å². The Hall–Kier alpha value is -1.70. The molecule has 2 atom stereocenters. The van der Waals surface area contributed by atoms with E-state index in [1.54, 1.807) is 0 Å². The van der Waals surface area contributed by atoms with Crippen molar-refractivity contribution in [1.29, 1.82) is 0 Å². The number of hydrogen-bond acceptors (Lipinski definition) is 4. The van der Waals surface area contributed by atoms with Crippen molar-refractivity contribution in [1.82, 2.24) is 0 Å². The van der Waals surface area contributed by atoms with Crippen LogP contribution in [0.15, 0.2) is 16.6 Å². The van der Waals surface area contributed by atoms with Crippen LogP contribution in [0.3, 0.4) is 0 Å². The fraction of sp³-hybridized carbons (Fsp3) is 0.462. The van der Waals surface area contributed by atoms with Gasteiger partial charge < -0.3 is 10.4 Å². The van der Waals surface area contributed by atoms with E-state index in [4.69, 9.17) is 5.11 Å². The molecule has 0 aliphatic heterocycles. The number of rotatable bonds is 4. The average molecular weight is 361 g/mol. The number of aliphatic carboxylic acids is 1. The molecule has 8 heteroatoms. The van der Waals surface area contributed by atoms with Gasteiger partial charge in [0.2, 0.25) is 0 Å². The van der Waals surface area contributed by atoms with E-state index >= 15 is 0 Å². The minimum atomic E-state index is -0.863. The lowest BCUT2D eigenvalue weighted by Gasteiger charge is -2.28. The Kier molecular flexibility index (Phi) is 4.76. The quantitative estimate of drug-likeness (QED) is 0.632. The number of nitro benzene ring substituents is 1. The number of carboxylic acids is 1. The van der Waals surface area contributed by atoms with Crippen LogP contribution in [-0.4, -0.2) is 22.0 Å². The molecule has 2 N–H and O–H groups in total. The summed E-state index contributed by atoms with van der Waals surface area (Å²) in [6, 6.07) is 1.96. The maximum absolute atomic E-state index is 13.6. The van der Waals surface area contributed by atoms with Gasteiger partial charge in [-0.25, -0.2) is 4.39 Å². The van der Waals surface area contributed by atoms with Gasteiger partial charge in [0.15, 0.2) is 0 Å². The van der Waals surface area contributed by atoms with Gasteiger partial charge in [-0.2, -0.15) is 0 Å². The van der Waals surface area contributed by atoms with E-state index < -0.39 is 22.6 Å². The maximum Gasteiger partial charge on any atom is 0.306 e. The van der Waals surface area contributed by atoms with E-state index in [0.717, 1.165) is 18.6 Å². The Balaban J connectivity index is 2.20. The first-order valence-corrected chi connectivity index (χ1v) is 7.30. The summed E-state index contributed by atoms with van der Waals surface area (Å²) in [6.07, 6.45) is 2.41. The lowest BCUT2D eigenvalue weighted by molar-refractivity contribution is -0.384. The normalized spacial score (nSPS) is 21.8. The van der Waals surface area contributed by atoms with E-state index in [1.807, 2.05) is 0 Å². The highest BCUT2D eigenvalue weighted by atomic mass is 79.9. The van der Waals surface area contributed by atoms with Gasteiger partial charge in [0.25, 0.3) is 5.69 Å². The number of nitrogens with zero attached hydrogens (tertiary/aromatic N) is 1. The van der Waals surface area contributed by atoms with E-state index in [0.29, 0.717) is 19.3 Å². The third kappa shape index (κ3) is 3.69. The van der Waals surface area contributed by atoms with Crippen molar-refractivity contribution in [2.75, 3.05) is 5.32 Å². The van der Waals surface area contributed by atoms with Crippen molar-refractivity contribution in [2.45, 2.75) is 31.7 Å². The number of benzene rings is 1. The molecule has 1 aromatic carbocycles. The molecule has 0 amide bonds. The second kappa shape index (κ2) is 6.38. The Morgan fingerprint density at radius 2 is 2.19 bits per heavy atom. The molecule has 1 aromatic rings. The Morgan fingerprint density at radius 3 is 2.81 bits per heavy atom. The monoisotopic (exact) mass is 360 g/mol. The summed E-state index contributed by atoms with van der Waals surface area (Å²) in [6.45, 7) is 0. The molecule has 0 bridgehead atoms. The van der Waals surface area contributed by atoms with Crippen molar-refractivity contribution >= 4 is 33.3 Å². The molecule has 0 spiro atoms. The second-order valence-electron chi connectivity index (χ2n) is 5.08. The largest absolute Gasteiger partial charge is 0.481 e. The Bertz CT molecular complexity index is 582. The molecule has 2 rings (SSSR count). The number of nitro groups is 1. The number of carbonyl (C=O) groups is 1. The van der Waals surface area contributed by atoms with Crippen LogP contribution in [0.5, 0.6) is 0 Å². The fourth-order valence-corrected chi connectivity index (χ4v) is 2.90.